The van der Waals surface area contributed by atoms with Crippen molar-refractivity contribution in [3.05, 3.63) is 0 Å². The lowest BCUT2D eigenvalue weighted by atomic mass is 11.8. The minimum absolute atomic E-state index is 0.392. The maximum atomic E-state index is 2.45. The number of hydrogen-bond acceptors (Lipinski definition) is 0. The van der Waals surface area contributed by atoms with Crippen LogP contribution >= 0.6 is 14.6 Å². The molecular formula is C5H15P2Si+. The first-order chi connectivity index (χ1) is 3.48. The molecule has 0 aliphatic heterocycles. The second-order valence-electron chi connectivity index (χ2n) is 2.89. The first-order valence-corrected chi connectivity index (χ1v) is 11.0. The molecule has 0 spiro atoms. The summed E-state index contributed by atoms with van der Waals surface area (Å²) >= 11 is 0. The van der Waals surface area contributed by atoms with E-state index in [4.69, 9.17) is 0 Å². The van der Waals surface area contributed by atoms with Crippen LogP contribution in [-0.2, 0) is 0 Å². The molecule has 0 aromatic heterocycles. The van der Waals surface area contributed by atoms with Gasteiger partial charge in [-0.1, -0.05) is 0 Å². The number of rotatable bonds is 1. The van der Waals surface area contributed by atoms with E-state index in [0.29, 0.717) is 6.76 Å². The van der Waals surface area contributed by atoms with Crippen LogP contribution in [0.5, 0.6) is 0 Å². The molecule has 0 nitrogen and oxygen atoms in total. The summed E-state index contributed by atoms with van der Waals surface area (Å²) in [7, 11) is 0.926. The van der Waals surface area contributed by atoms with Crippen LogP contribution in [0.4, 0.5) is 0 Å². The second kappa shape index (κ2) is 3.10. The molecule has 0 fully saturated rings. The van der Waals surface area contributed by atoms with E-state index in [2.05, 4.69) is 33.0 Å². The van der Waals surface area contributed by atoms with Crippen LogP contribution in [0.15, 0.2) is 0 Å². The topological polar surface area (TPSA) is 0 Å². The van der Waals surface area contributed by atoms with Crippen LogP contribution in [0.2, 0.25) is 19.6 Å². The Balaban J connectivity index is 4.03. The van der Waals surface area contributed by atoms with Gasteiger partial charge in [0.2, 0.25) is 0 Å². The van der Waals surface area contributed by atoms with Crippen molar-refractivity contribution in [3.8, 4) is 0 Å². The van der Waals surface area contributed by atoms with Crippen molar-refractivity contribution in [2.75, 3.05) is 13.3 Å². The minimum atomic E-state index is -0.708. The van der Waals surface area contributed by atoms with Gasteiger partial charge in [-0.25, -0.2) is 0 Å². The average Bonchev–Trinajstić information content (AvgIpc) is 1.62. The van der Waals surface area contributed by atoms with Gasteiger partial charge >= 0.3 is 0 Å². The first kappa shape index (κ1) is 8.82. The molecule has 1 unspecified atom stereocenters. The third-order valence-electron chi connectivity index (χ3n) is 1.27. The highest BCUT2D eigenvalue weighted by Gasteiger charge is 2.27. The highest BCUT2D eigenvalue weighted by Crippen LogP contribution is 2.40. The largest absolute Gasteiger partial charge is 0.281 e. The van der Waals surface area contributed by atoms with Crippen LogP contribution in [0.3, 0.4) is 0 Å². The Labute approximate surface area is 55.9 Å². The Morgan fingerprint density at radius 2 is 1.62 bits per heavy atom. The van der Waals surface area contributed by atoms with Crippen molar-refractivity contribution in [1.29, 1.82) is 0 Å². The maximum Gasteiger partial charge on any atom is 0.281 e. The van der Waals surface area contributed by atoms with Gasteiger partial charge in [-0.3, -0.25) is 0 Å². The van der Waals surface area contributed by atoms with Crippen molar-refractivity contribution in [2.45, 2.75) is 19.6 Å². The summed E-state index contributed by atoms with van der Waals surface area (Å²) < 4.78 is 0. The molecule has 0 aliphatic rings. The summed E-state index contributed by atoms with van der Waals surface area (Å²) in [5, 5.41) is 0. The van der Waals surface area contributed by atoms with E-state index in [0.717, 1.165) is 0 Å². The van der Waals surface area contributed by atoms with Gasteiger partial charge in [-0.05, 0) is 19.6 Å². The zero-order valence-electron chi connectivity index (χ0n) is 6.39. The lowest BCUT2D eigenvalue weighted by Crippen LogP contribution is -2.11. The molecule has 0 N–H and O–H groups in total. The monoisotopic (exact) mass is 165 g/mol. The van der Waals surface area contributed by atoms with E-state index in [1.54, 1.807) is 7.87 Å². The Bertz CT molecular complexity index is 101. The third-order valence-corrected chi connectivity index (χ3v) is 18.6. The van der Waals surface area contributed by atoms with Crippen LogP contribution in [0.25, 0.3) is 0 Å². The summed E-state index contributed by atoms with van der Waals surface area (Å²) in [4.78, 5) is 0. The highest BCUT2D eigenvalue weighted by molar-refractivity contribution is 8.14. The molecule has 0 aromatic carbocycles. The zero-order chi connectivity index (χ0) is 6.78. The summed E-state index contributed by atoms with van der Waals surface area (Å²) in [6, 6.07) is 0. The first-order valence-electron chi connectivity index (χ1n) is 2.82. The highest BCUT2D eigenvalue weighted by atomic mass is 31.9. The van der Waals surface area contributed by atoms with Gasteiger partial charge in [-0.15, -0.1) is 0 Å². The molecule has 0 radical (unpaired) electrons. The Morgan fingerprint density at radius 1 is 1.25 bits per heavy atom. The molecule has 48 valence electrons. The van der Waals surface area contributed by atoms with Crippen LogP contribution in [-0.4, -0.2) is 21.1 Å². The van der Waals surface area contributed by atoms with E-state index in [1.807, 2.05) is 0 Å². The van der Waals surface area contributed by atoms with Crippen molar-refractivity contribution in [3.63, 3.8) is 0 Å². The van der Waals surface area contributed by atoms with Gasteiger partial charge < -0.3 is 0 Å². The molecule has 0 bridgehead atoms. The molecule has 8 heavy (non-hydrogen) atoms. The van der Waals surface area contributed by atoms with Gasteiger partial charge in [0.25, 0.3) is 7.74 Å². The molecule has 1 atom stereocenters. The predicted molar refractivity (Wildman–Crippen MR) is 49.0 cm³/mol. The standard InChI is InChI=1S/C5H15P2Si/c1-6-7(2)8(3,4)5/h1-5H3/q+1. The lowest BCUT2D eigenvalue weighted by Gasteiger charge is -2.01. The fourth-order valence-electron chi connectivity index (χ4n) is 0.300. The Morgan fingerprint density at radius 3 is 1.62 bits per heavy atom. The predicted octanol–water partition coefficient (Wildman–Crippen LogP) is 3.42. The molecule has 3 heteroatoms. The molecule has 0 rings (SSSR count). The van der Waals surface area contributed by atoms with Crippen molar-refractivity contribution in [1.82, 2.24) is 0 Å². The fraction of sp³-hybridized carbons (Fsp3) is 1.00. The van der Waals surface area contributed by atoms with E-state index >= 15 is 0 Å². The third kappa shape index (κ3) is 2.97. The average molecular weight is 165 g/mol. The van der Waals surface area contributed by atoms with E-state index < -0.39 is 7.74 Å². The number of hydrogen-bond donors (Lipinski definition) is 0. The van der Waals surface area contributed by atoms with Crippen LogP contribution < -0.4 is 0 Å². The molecular weight excluding hydrogens is 150 g/mol. The fourth-order valence-corrected chi connectivity index (χ4v) is 8.10. The summed E-state index contributed by atoms with van der Waals surface area (Å²) in [5.41, 5.74) is 0. The zero-order valence-corrected chi connectivity index (χ0v) is 9.18. The molecule has 0 aliphatic carbocycles. The van der Waals surface area contributed by atoms with Gasteiger partial charge in [0.05, 0.1) is 21.3 Å². The molecule has 0 heterocycles. The Hall–Kier alpha value is 0.817. The lowest BCUT2D eigenvalue weighted by molar-refractivity contribution is 1.87. The van der Waals surface area contributed by atoms with Crippen LogP contribution in [0, 0.1) is 0 Å². The second-order valence-corrected chi connectivity index (χ2v) is 18.8. The summed E-state index contributed by atoms with van der Waals surface area (Å²) in [6.07, 6.45) is 0. The SMILES string of the molecule is CP=[P+](C)[Si](C)(C)C. The Kier molecular flexibility index (Phi) is 3.42. The quantitative estimate of drug-likeness (QED) is 0.412. The van der Waals surface area contributed by atoms with Gasteiger partial charge in [-0.2, -0.15) is 0 Å². The molecule has 0 aromatic rings. The minimum Gasteiger partial charge on any atom is -0.0283 e. The van der Waals surface area contributed by atoms with E-state index in [-0.39, 0.29) is 0 Å². The van der Waals surface area contributed by atoms with Crippen LogP contribution in [0.1, 0.15) is 0 Å². The van der Waals surface area contributed by atoms with E-state index in [1.165, 1.54) is 0 Å². The van der Waals surface area contributed by atoms with Crippen molar-refractivity contribution >= 4 is 22.4 Å². The van der Waals surface area contributed by atoms with Gasteiger partial charge in [0.15, 0.2) is 0 Å². The summed E-state index contributed by atoms with van der Waals surface area (Å²) in [5.74, 6) is 0. The normalized spacial score (nSPS) is 14.4. The smallest absolute Gasteiger partial charge is 0.0283 e. The molecule has 0 amide bonds. The van der Waals surface area contributed by atoms with Gasteiger partial charge in [0, 0.05) is 6.66 Å². The molecule has 0 saturated heterocycles. The van der Waals surface area contributed by atoms with Crippen molar-refractivity contribution in [2.24, 2.45) is 0 Å². The van der Waals surface area contributed by atoms with Crippen molar-refractivity contribution < 1.29 is 0 Å². The maximum absolute atomic E-state index is 2.45. The van der Waals surface area contributed by atoms with Gasteiger partial charge in [0.1, 0.15) is 0 Å². The summed E-state index contributed by atoms with van der Waals surface area (Å²) in [6.45, 7) is 12.5. The van der Waals surface area contributed by atoms with E-state index in [9.17, 15) is 0 Å². The molecule has 0 saturated carbocycles.